The summed E-state index contributed by atoms with van der Waals surface area (Å²) in [6.45, 7) is 0.193. The molecular formula is C23H14F3NO4. The number of alkyl halides is 3. The van der Waals surface area contributed by atoms with E-state index >= 15 is 0 Å². The number of furan rings is 1. The number of ketones is 2. The molecule has 0 radical (unpaired) electrons. The number of nitrogens with zero attached hydrogens (tertiary/aromatic N) is 1. The third-order valence-corrected chi connectivity index (χ3v) is 5.63. The van der Waals surface area contributed by atoms with E-state index in [0.717, 1.165) is 12.1 Å². The van der Waals surface area contributed by atoms with E-state index in [9.17, 15) is 27.6 Å². The van der Waals surface area contributed by atoms with Crippen LogP contribution in [0.25, 0.3) is 11.3 Å². The van der Waals surface area contributed by atoms with Crippen LogP contribution in [0, 0.1) is 0 Å². The van der Waals surface area contributed by atoms with Crippen molar-refractivity contribution in [2.75, 3.05) is 6.54 Å². The first-order valence-corrected chi connectivity index (χ1v) is 9.55. The Morgan fingerprint density at radius 2 is 1.71 bits per heavy atom. The third kappa shape index (κ3) is 2.98. The first kappa shape index (κ1) is 19.3. The van der Waals surface area contributed by atoms with Gasteiger partial charge in [-0.3, -0.25) is 14.4 Å². The summed E-state index contributed by atoms with van der Waals surface area (Å²) in [6.07, 6.45) is -4.29. The Hall–Kier alpha value is -3.68. The highest BCUT2D eigenvalue weighted by Crippen LogP contribution is 2.40. The molecule has 0 fully saturated rings. The molecule has 2 aromatic carbocycles. The number of hydrogen-bond donors (Lipinski definition) is 0. The summed E-state index contributed by atoms with van der Waals surface area (Å²) in [6, 6.07) is 10.9. The summed E-state index contributed by atoms with van der Waals surface area (Å²) in [7, 11) is 0. The van der Waals surface area contributed by atoms with E-state index in [0.29, 0.717) is 22.6 Å². The lowest BCUT2D eigenvalue weighted by atomic mass is 9.85. The van der Waals surface area contributed by atoms with Crippen LogP contribution in [0.5, 0.6) is 0 Å². The van der Waals surface area contributed by atoms with Crippen molar-refractivity contribution in [1.29, 1.82) is 0 Å². The van der Waals surface area contributed by atoms with Crippen molar-refractivity contribution >= 4 is 17.5 Å². The molecule has 156 valence electrons. The zero-order chi connectivity index (χ0) is 21.9. The maximum absolute atomic E-state index is 13.0. The number of benzene rings is 2. The van der Waals surface area contributed by atoms with Gasteiger partial charge in [-0.05, 0) is 24.6 Å². The quantitative estimate of drug-likeness (QED) is 0.537. The highest BCUT2D eigenvalue weighted by Gasteiger charge is 2.39. The van der Waals surface area contributed by atoms with Crippen LogP contribution in [-0.2, 0) is 19.1 Å². The fourth-order valence-electron chi connectivity index (χ4n) is 4.13. The van der Waals surface area contributed by atoms with E-state index in [-0.39, 0.29) is 36.2 Å². The van der Waals surface area contributed by atoms with Gasteiger partial charge in [0.2, 0.25) is 11.6 Å². The van der Waals surface area contributed by atoms with Crippen LogP contribution < -0.4 is 0 Å². The average Bonchev–Trinajstić information content (AvgIpc) is 3.15. The summed E-state index contributed by atoms with van der Waals surface area (Å²) in [5, 5.41) is 0. The molecule has 0 atom stereocenters. The fraction of sp³-hybridized carbons (Fsp3) is 0.174. The van der Waals surface area contributed by atoms with Crippen LogP contribution in [0.1, 0.15) is 48.0 Å². The largest absolute Gasteiger partial charge is 0.458 e. The predicted octanol–water partition coefficient (Wildman–Crippen LogP) is 4.54. The van der Waals surface area contributed by atoms with Crippen molar-refractivity contribution in [3.63, 3.8) is 0 Å². The van der Waals surface area contributed by atoms with Gasteiger partial charge in [-0.1, -0.05) is 30.3 Å². The van der Waals surface area contributed by atoms with Gasteiger partial charge in [0.05, 0.1) is 17.7 Å². The number of rotatable bonds is 1. The lowest BCUT2D eigenvalue weighted by Crippen LogP contribution is -2.36. The van der Waals surface area contributed by atoms with E-state index in [4.69, 9.17) is 4.42 Å². The number of amides is 1. The van der Waals surface area contributed by atoms with Gasteiger partial charge in [0.25, 0.3) is 5.91 Å². The third-order valence-electron chi connectivity index (χ3n) is 5.63. The molecule has 0 saturated heterocycles. The molecule has 1 aliphatic heterocycles. The number of halogens is 3. The van der Waals surface area contributed by atoms with Crippen molar-refractivity contribution in [3.8, 4) is 11.3 Å². The van der Waals surface area contributed by atoms with E-state index < -0.39 is 29.2 Å². The first-order chi connectivity index (χ1) is 14.8. The van der Waals surface area contributed by atoms with Gasteiger partial charge in [-0.15, -0.1) is 0 Å². The minimum atomic E-state index is -4.55. The van der Waals surface area contributed by atoms with Gasteiger partial charge in [-0.2, -0.15) is 13.2 Å². The van der Waals surface area contributed by atoms with Gasteiger partial charge in [-0.25, -0.2) is 0 Å². The highest BCUT2D eigenvalue weighted by atomic mass is 19.4. The van der Waals surface area contributed by atoms with Crippen molar-refractivity contribution in [3.05, 3.63) is 82.1 Å². The van der Waals surface area contributed by atoms with E-state index in [2.05, 4.69) is 0 Å². The number of Topliss-reactive ketones (excluding diaryl/α,β-unsaturated/α-hetero) is 2. The number of carbonyl (C=O) groups is 3. The molecular weight excluding hydrogens is 411 g/mol. The molecule has 0 saturated carbocycles. The predicted molar refractivity (Wildman–Crippen MR) is 103 cm³/mol. The van der Waals surface area contributed by atoms with Gasteiger partial charge >= 0.3 is 6.18 Å². The molecule has 0 bridgehead atoms. The summed E-state index contributed by atoms with van der Waals surface area (Å²) >= 11 is 0. The molecule has 1 aromatic heterocycles. The standard InChI is InChI=1S/C23H14F3NO4/c24-23(25,26)13-5-3-4-12(10-13)22(30)27-9-8-16-17(11-27)31-21-15-7-2-1-6-14(15)19(28)20(29)18(16)21/h1-7,10H,8-9,11H2. The van der Waals surface area contributed by atoms with Crippen molar-refractivity contribution in [2.24, 2.45) is 0 Å². The fourth-order valence-corrected chi connectivity index (χ4v) is 4.13. The Balaban J connectivity index is 1.50. The van der Waals surface area contributed by atoms with Gasteiger partial charge < -0.3 is 9.32 Å². The normalized spacial score (nSPS) is 15.4. The molecule has 1 aliphatic carbocycles. The molecule has 5 rings (SSSR count). The second-order valence-electron chi connectivity index (χ2n) is 7.47. The maximum Gasteiger partial charge on any atom is 0.416 e. The number of fused-ring (bicyclic) bond motifs is 5. The molecule has 1 amide bonds. The SMILES string of the molecule is O=C1C(=O)c2c(oc3c2CCN(C(=O)c2cccc(C(F)(F)F)c2)C3)-c2ccccc21. The Labute approximate surface area is 174 Å². The van der Waals surface area contributed by atoms with Crippen molar-refractivity contribution < 1.29 is 32.0 Å². The number of hydrogen-bond acceptors (Lipinski definition) is 4. The second-order valence-corrected chi connectivity index (χ2v) is 7.47. The van der Waals surface area contributed by atoms with Crippen LogP contribution in [-0.4, -0.2) is 28.9 Å². The lowest BCUT2D eigenvalue weighted by molar-refractivity contribution is -0.137. The molecule has 0 N–H and O–H groups in total. The molecule has 31 heavy (non-hydrogen) atoms. The Kier molecular flexibility index (Phi) is 4.15. The summed E-state index contributed by atoms with van der Waals surface area (Å²) < 4.78 is 44.9. The molecule has 3 aromatic rings. The van der Waals surface area contributed by atoms with Gasteiger partial charge in [0, 0.05) is 28.8 Å². The van der Waals surface area contributed by atoms with E-state index in [1.165, 1.54) is 17.0 Å². The minimum absolute atomic E-state index is 0.00104. The molecule has 5 nitrogen and oxygen atoms in total. The zero-order valence-electron chi connectivity index (χ0n) is 16.0. The van der Waals surface area contributed by atoms with Gasteiger partial charge in [0.1, 0.15) is 11.5 Å². The summed E-state index contributed by atoms with van der Waals surface area (Å²) in [5.74, 6) is -1.13. The topological polar surface area (TPSA) is 67.6 Å². The molecule has 0 spiro atoms. The van der Waals surface area contributed by atoms with Crippen LogP contribution in [0.15, 0.2) is 52.9 Å². The average molecular weight is 425 g/mol. The van der Waals surface area contributed by atoms with Crippen LogP contribution >= 0.6 is 0 Å². The van der Waals surface area contributed by atoms with E-state index in [1.807, 2.05) is 0 Å². The molecule has 2 aliphatic rings. The first-order valence-electron chi connectivity index (χ1n) is 9.55. The highest BCUT2D eigenvalue weighted by molar-refractivity contribution is 6.53. The molecule has 2 heterocycles. The Bertz CT molecular complexity index is 1270. The Morgan fingerprint density at radius 3 is 2.45 bits per heavy atom. The monoisotopic (exact) mass is 425 g/mol. The lowest BCUT2D eigenvalue weighted by Gasteiger charge is -2.26. The van der Waals surface area contributed by atoms with Crippen LogP contribution in [0.2, 0.25) is 0 Å². The second kappa shape index (κ2) is 6.66. The summed E-state index contributed by atoms with van der Waals surface area (Å²) in [4.78, 5) is 39.4. The Morgan fingerprint density at radius 1 is 0.968 bits per heavy atom. The van der Waals surface area contributed by atoms with Crippen LogP contribution in [0.4, 0.5) is 13.2 Å². The summed E-state index contributed by atoms with van der Waals surface area (Å²) in [5.41, 5.74) is 0.618. The van der Waals surface area contributed by atoms with Gasteiger partial charge in [0.15, 0.2) is 0 Å². The van der Waals surface area contributed by atoms with Crippen molar-refractivity contribution in [1.82, 2.24) is 4.90 Å². The van der Waals surface area contributed by atoms with E-state index in [1.54, 1.807) is 24.3 Å². The smallest absolute Gasteiger partial charge is 0.416 e. The maximum atomic E-state index is 13.0. The van der Waals surface area contributed by atoms with Crippen molar-refractivity contribution in [2.45, 2.75) is 19.1 Å². The van der Waals surface area contributed by atoms with Crippen LogP contribution in [0.3, 0.4) is 0 Å². The molecule has 0 unspecified atom stereocenters. The zero-order valence-corrected chi connectivity index (χ0v) is 16.0. The molecule has 8 heteroatoms. The minimum Gasteiger partial charge on any atom is -0.458 e. The number of carbonyl (C=O) groups excluding carboxylic acids is 3.